The smallest absolute Gasteiger partial charge is 0.186 e. The fourth-order valence-electron chi connectivity index (χ4n) is 2.84. The predicted octanol–water partition coefficient (Wildman–Crippen LogP) is 3.53. The molecule has 0 spiro atoms. The minimum Gasteiger partial charge on any atom is -0.292 e. The van der Waals surface area contributed by atoms with Gasteiger partial charge in [0.1, 0.15) is 5.69 Å². The Labute approximate surface area is 111 Å². The van der Waals surface area contributed by atoms with Crippen LogP contribution in [0, 0.1) is 16.7 Å². The summed E-state index contributed by atoms with van der Waals surface area (Å²) >= 11 is 3.43. The summed E-state index contributed by atoms with van der Waals surface area (Å²) < 4.78 is 2.58. The highest BCUT2D eigenvalue weighted by Gasteiger charge is 2.68. The van der Waals surface area contributed by atoms with Crippen molar-refractivity contribution in [1.29, 1.82) is 0 Å². The van der Waals surface area contributed by atoms with Crippen molar-refractivity contribution in [2.75, 3.05) is 0 Å². The van der Waals surface area contributed by atoms with Crippen LogP contribution < -0.4 is 0 Å². The molecule has 1 heterocycles. The average Bonchev–Trinajstić information content (AvgIpc) is 2.55. The number of ketones is 1. The Balaban J connectivity index is 2.37. The van der Waals surface area contributed by atoms with E-state index in [4.69, 9.17) is 0 Å². The maximum Gasteiger partial charge on any atom is 0.186 e. The Morgan fingerprint density at radius 3 is 2.35 bits per heavy atom. The van der Waals surface area contributed by atoms with Gasteiger partial charge in [0.25, 0.3) is 0 Å². The molecule has 0 radical (unpaired) electrons. The first kappa shape index (κ1) is 12.8. The fourth-order valence-corrected chi connectivity index (χ4v) is 3.33. The molecule has 2 rings (SSSR count). The Morgan fingerprint density at radius 1 is 1.41 bits per heavy atom. The van der Waals surface area contributed by atoms with E-state index in [2.05, 4.69) is 48.7 Å². The summed E-state index contributed by atoms with van der Waals surface area (Å²) in [4.78, 5) is 12.6. The van der Waals surface area contributed by atoms with Gasteiger partial charge in [-0.15, -0.1) is 0 Å². The summed E-state index contributed by atoms with van der Waals surface area (Å²) in [7, 11) is 0. The molecular formula is C13H19BrN2O. The van der Waals surface area contributed by atoms with Crippen LogP contribution in [0.1, 0.15) is 45.1 Å². The summed E-state index contributed by atoms with van der Waals surface area (Å²) in [6.07, 6.45) is 1.71. The maximum atomic E-state index is 12.6. The lowest BCUT2D eigenvalue weighted by atomic mass is 10.0. The van der Waals surface area contributed by atoms with Crippen molar-refractivity contribution in [3.05, 3.63) is 16.4 Å². The summed E-state index contributed by atoms with van der Waals surface area (Å²) in [5.74, 6) is 0.305. The van der Waals surface area contributed by atoms with Gasteiger partial charge in [-0.2, -0.15) is 5.10 Å². The van der Waals surface area contributed by atoms with E-state index in [0.717, 1.165) is 16.7 Å². The number of hydrogen-bond acceptors (Lipinski definition) is 2. The van der Waals surface area contributed by atoms with Crippen LogP contribution in [-0.4, -0.2) is 15.6 Å². The summed E-state index contributed by atoms with van der Waals surface area (Å²) in [5.41, 5.74) is 0.870. The number of nitrogens with zero attached hydrogens (tertiary/aromatic N) is 2. The van der Waals surface area contributed by atoms with Crippen LogP contribution in [0.2, 0.25) is 0 Å². The molecule has 1 aromatic rings. The Hall–Kier alpha value is -0.640. The number of hydrogen-bond donors (Lipinski definition) is 0. The first-order valence-corrected chi connectivity index (χ1v) is 6.80. The zero-order chi connectivity index (χ0) is 13.0. The van der Waals surface area contributed by atoms with Crippen molar-refractivity contribution in [1.82, 2.24) is 9.78 Å². The van der Waals surface area contributed by atoms with Crippen molar-refractivity contribution in [3.8, 4) is 0 Å². The van der Waals surface area contributed by atoms with Gasteiger partial charge in [-0.1, -0.05) is 27.7 Å². The van der Waals surface area contributed by atoms with E-state index >= 15 is 0 Å². The first-order valence-electron chi connectivity index (χ1n) is 6.00. The van der Waals surface area contributed by atoms with Crippen LogP contribution in [-0.2, 0) is 6.54 Å². The first-order chi connectivity index (χ1) is 7.75. The molecule has 0 aliphatic heterocycles. The van der Waals surface area contributed by atoms with Crippen molar-refractivity contribution < 1.29 is 4.79 Å². The average molecular weight is 299 g/mol. The standard InChI is InChI=1S/C13H19BrN2O/c1-6-16-9(8(14)7-15-16)10(17)11-12(2,3)13(11,4)5/h7,11H,6H2,1-5H3. The predicted molar refractivity (Wildman–Crippen MR) is 71.0 cm³/mol. The zero-order valence-electron chi connectivity index (χ0n) is 11.0. The number of carbonyl (C=O) groups is 1. The molecule has 0 saturated heterocycles. The quantitative estimate of drug-likeness (QED) is 0.800. The number of aromatic nitrogens is 2. The van der Waals surface area contributed by atoms with Gasteiger partial charge in [0.15, 0.2) is 5.78 Å². The molecule has 0 atom stereocenters. The second-order valence-corrected chi connectivity index (χ2v) is 6.75. The molecule has 3 nitrogen and oxygen atoms in total. The van der Waals surface area contributed by atoms with Crippen LogP contribution >= 0.6 is 15.9 Å². The Kier molecular flexibility index (Phi) is 2.77. The molecule has 1 fully saturated rings. The summed E-state index contributed by atoms with van der Waals surface area (Å²) in [6, 6.07) is 0. The van der Waals surface area contributed by atoms with E-state index < -0.39 is 0 Å². The molecule has 1 aliphatic carbocycles. The van der Waals surface area contributed by atoms with Gasteiger partial charge in [0.2, 0.25) is 0 Å². The Morgan fingerprint density at radius 2 is 1.94 bits per heavy atom. The monoisotopic (exact) mass is 298 g/mol. The van der Waals surface area contributed by atoms with E-state index in [0.29, 0.717) is 0 Å². The Bertz CT molecular complexity index is 460. The van der Waals surface area contributed by atoms with E-state index in [9.17, 15) is 4.79 Å². The van der Waals surface area contributed by atoms with Crippen LogP contribution in [0.5, 0.6) is 0 Å². The number of rotatable bonds is 3. The fraction of sp³-hybridized carbons (Fsp3) is 0.692. The van der Waals surface area contributed by atoms with Crippen molar-refractivity contribution in [3.63, 3.8) is 0 Å². The molecule has 0 N–H and O–H groups in total. The lowest BCUT2D eigenvalue weighted by Gasteiger charge is -2.06. The minimum absolute atomic E-state index is 0.0758. The van der Waals surface area contributed by atoms with Gasteiger partial charge < -0.3 is 0 Å². The molecular weight excluding hydrogens is 280 g/mol. The molecule has 0 amide bonds. The van der Waals surface area contributed by atoms with Crippen LogP contribution in [0.3, 0.4) is 0 Å². The van der Waals surface area contributed by atoms with Crippen LogP contribution in [0.4, 0.5) is 0 Å². The third-order valence-corrected chi connectivity index (χ3v) is 5.19. The van der Waals surface area contributed by atoms with Crippen molar-refractivity contribution in [2.24, 2.45) is 16.7 Å². The summed E-state index contributed by atoms with van der Waals surface area (Å²) in [6.45, 7) is 11.4. The number of halogens is 1. The highest BCUT2D eigenvalue weighted by molar-refractivity contribution is 9.10. The minimum atomic E-state index is 0.0758. The van der Waals surface area contributed by atoms with Crippen molar-refractivity contribution in [2.45, 2.75) is 41.2 Å². The van der Waals surface area contributed by atoms with E-state index in [1.807, 2.05) is 6.92 Å². The van der Waals surface area contributed by atoms with Crippen LogP contribution in [0.15, 0.2) is 10.7 Å². The molecule has 1 saturated carbocycles. The molecule has 0 aromatic carbocycles. The van der Waals surface area contributed by atoms with Gasteiger partial charge in [-0.3, -0.25) is 9.48 Å². The van der Waals surface area contributed by atoms with Gasteiger partial charge in [0.05, 0.1) is 10.7 Å². The lowest BCUT2D eigenvalue weighted by Crippen LogP contribution is -2.14. The second kappa shape index (κ2) is 3.67. The SMILES string of the molecule is CCn1ncc(Br)c1C(=O)C1C(C)(C)C1(C)C. The van der Waals surface area contributed by atoms with Crippen molar-refractivity contribution >= 4 is 21.7 Å². The van der Waals surface area contributed by atoms with Gasteiger partial charge in [-0.25, -0.2) is 0 Å². The highest BCUT2D eigenvalue weighted by atomic mass is 79.9. The molecule has 0 unspecified atom stereocenters. The maximum absolute atomic E-state index is 12.6. The highest BCUT2D eigenvalue weighted by Crippen LogP contribution is 2.69. The lowest BCUT2D eigenvalue weighted by molar-refractivity contribution is 0.0933. The van der Waals surface area contributed by atoms with Gasteiger partial charge in [0, 0.05) is 12.5 Å². The largest absolute Gasteiger partial charge is 0.292 e. The molecule has 0 bridgehead atoms. The molecule has 17 heavy (non-hydrogen) atoms. The van der Waals surface area contributed by atoms with E-state index in [1.165, 1.54) is 0 Å². The van der Waals surface area contributed by atoms with E-state index in [1.54, 1.807) is 10.9 Å². The van der Waals surface area contributed by atoms with Gasteiger partial charge in [-0.05, 0) is 33.7 Å². The second-order valence-electron chi connectivity index (χ2n) is 5.90. The topological polar surface area (TPSA) is 34.9 Å². The van der Waals surface area contributed by atoms with Gasteiger partial charge >= 0.3 is 0 Å². The third kappa shape index (κ3) is 1.60. The molecule has 94 valence electrons. The number of aryl methyl sites for hydroxylation is 1. The normalized spacial score (nSPS) is 21.5. The molecule has 1 aliphatic rings. The van der Waals surface area contributed by atoms with Crippen LogP contribution in [0.25, 0.3) is 0 Å². The molecule has 4 heteroatoms. The third-order valence-electron chi connectivity index (χ3n) is 4.61. The summed E-state index contributed by atoms with van der Waals surface area (Å²) in [5, 5.41) is 4.21. The number of Topliss-reactive ketones (excluding diaryl/α,β-unsaturated/α-hetero) is 1. The number of carbonyl (C=O) groups excluding carboxylic acids is 1. The molecule has 1 aromatic heterocycles. The van der Waals surface area contributed by atoms with E-state index in [-0.39, 0.29) is 22.5 Å². The zero-order valence-corrected chi connectivity index (χ0v) is 12.6.